The molecule has 0 radical (unpaired) electrons. The van der Waals surface area contributed by atoms with Gasteiger partial charge in [0.05, 0.1) is 0 Å². The highest BCUT2D eigenvalue weighted by atomic mass is 35.5. The van der Waals surface area contributed by atoms with Crippen molar-refractivity contribution in [3.8, 4) is 11.1 Å². The fraction of sp³-hybridized carbons (Fsp3) is 0. The van der Waals surface area contributed by atoms with Gasteiger partial charge in [0.25, 0.3) is 0 Å². The van der Waals surface area contributed by atoms with Gasteiger partial charge in [-0.25, -0.2) is 4.39 Å². The van der Waals surface area contributed by atoms with Crippen LogP contribution in [-0.2, 0) is 0 Å². The fourth-order valence-corrected chi connectivity index (χ4v) is 2.14. The third kappa shape index (κ3) is 2.63. The van der Waals surface area contributed by atoms with Crippen LogP contribution in [0.4, 0.5) is 4.39 Å². The molecular formula is C13H8Cl2FNO. The van der Waals surface area contributed by atoms with Crippen LogP contribution in [0.2, 0.25) is 10.0 Å². The van der Waals surface area contributed by atoms with Crippen molar-refractivity contribution in [2.45, 2.75) is 0 Å². The minimum absolute atomic E-state index is 0.225. The summed E-state index contributed by atoms with van der Waals surface area (Å²) in [4.78, 5) is 11.1. The first-order valence-electron chi connectivity index (χ1n) is 5.03. The van der Waals surface area contributed by atoms with Crippen LogP contribution in [-0.4, -0.2) is 5.91 Å². The molecule has 92 valence electrons. The van der Waals surface area contributed by atoms with E-state index in [0.29, 0.717) is 15.6 Å². The van der Waals surface area contributed by atoms with E-state index in [9.17, 15) is 9.18 Å². The molecule has 2 aromatic rings. The molecule has 0 saturated heterocycles. The summed E-state index contributed by atoms with van der Waals surface area (Å²) >= 11 is 11.7. The summed E-state index contributed by atoms with van der Waals surface area (Å²) in [6, 6.07) is 8.56. The van der Waals surface area contributed by atoms with Gasteiger partial charge in [-0.15, -0.1) is 0 Å². The molecule has 0 spiro atoms. The van der Waals surface area contributed by atoms with Crippen LogP contribution in [0.5, 0.6) is 0 Å². The van der Waals surface area contributed by atoms with Crippen molar-refractivity contribution in [2.24, 2.45) is 5.73 Å². The molecule has 0 atom stereocenters. The number of benzene rings is 2. The average molecular weight is 284 g/mol. The zero-order chi connectivity index (χ0) is 13.3. The number of hydrogen-bond donors (Lipinski definition) is 1. The van der Waals surface area contributed by atoms with Gasteiger partial charge in [-0.05, 0) is 42.0 Å². The summed E-state index contributed by atoms with van der Waals surface area (Å²) < 4.78 is 13.7. The maximum absolute atomic E-state index is 13.7. The van der Waals surface area contributed by atoms with Crippen LogP contribution in [0.15, 0.2) is 36.4 Å². The zero-order valence-corrected chi connectivity index (χ0v) is 10.6. The molecule has 0 aliphatic heterocycles. The van der Waals surface area contributed by atoms with Crippen molar-refractivity contribution in [1.29, 1.82) is 0 Å². The van der Waals surface area contributed by atoms with Gasteiger partial charge in [0.15, 0.2) is 0 Å². The molecule has 0 aliphatic carbocycles. The average Bonchev–Trinajstić information content (AvgIpc) is 2.27. The van der Waals surface area contributed by atoms with E-state index in [2.05, 4.69) is 0 Å². The second-order valence-electron chi connectivity index (χ2n) is 3.72. The van der Waals surface area contributed by atoms with E-state index in [1.807, 2.05) is 0 Å². The molecule has 0 aromatic heterocycles. The normalized spacial score (nSPS) is 10.4. The Morgan fingerprint density at radius 2 is 1.67 bits per heavy atom. The first-order chi connectivity index (χ1) is 8.47. The Balaban J connectivity index is 2.62. The molecule has 18 heavy (non-hydrogen) atoms. The molecule has 0 unspecified atom stereocenters. The first-order valence-corrected chi connectivity index (χ1v) is 5.79. The van der Waals surface area contributed by atoms with Crippen molar-refractivity contribution in [1.82, 2.24) is 0 Å². The van der Waals surface area contributed by atoms with Crippen LogP contribution in [0, 0.1) is 5.82 Å². The van der Waals surface area contributed by atoms with Crippen LogP contribution < -0.4 is 5.73 Å². The number of rotatable bonds is 2. The highest BCUT2D eigenvalue weighted by Crippen LogP contribution is 2.29. The van der Waals surface area contributed by atoms with E-state index in [0.717, 1.165) is 0 Å². The SMILES string of the molecule is NC(=O)c1ccc(F)c(-c2cc(Cl)cc(Cl)c2)c1. The first kappa shape index (κ1) is 12.9. The van der Waals surface area contributed by atoms with E-state index in [4.69, 9.17) is 28.9 Å². The lowest BCUT2D eigenvalue weighted by molar-refractivity contribution is 0.100. The van der Waals surface area contributed by atoms with Crippen LogP contribution >= 0.6 is 23.2 Å². The highest BCUT2D eigenvalue weighted by Gasteiger charge is 2.10. The number of nitrogens with two attached hydrogens (primary N) is 1. The highest BCUT2D eigenvalue weighted by molar-refractivity contribution is 6.35. The van der Waals surface area contributed by atoms with Crippen LogP contribution in [0.3, 0.4) is 0 Å². The third-order valence-electron chi connectivity index (χ3n) is 2.42. The van der Waals surface area contributed by atoms with Gasteiger partial charge in [0.1, 0.15) is 5.82 Å². The van der Waals surface area contributed by atoms with Crippen molar-refractivity contribution < 1.29 is 9.18 Å². The number of carbonyl (C=O) groups is 1. The topological polar surface area (TPSA) is 43.1 Å². The Morgan fingerprint density at radius 1 is 1.06 bits per heavy atom. The van der Waals surface area contributed by atoms with Crippen molar-refractivity contribution in [3.63, 3.8) is 0 Å². The summed E-state index contributed by atoms with van der Waals surface area (Å²) in [6.45, 7) is 0. The molecule has 2 nitrogen and oxygen atoms in total. The molecule has 0 aliphatic rings. The second-order valence-corrected chi connectivity index (χ2v) is 4.59. The molecule has 2 N–H and O–H groups in total. The van der Waals surface area contributed by atoms with Crippen LogP contribution in [0.25, 0.3) is 11.1 Å². The largest absolute Gasteiger partial charge is 0.366 e. The monoisotopic (exact) mass is 283 g/mol. The van der Waals surface area contributed by atoms with E-state index in [-0.39, 0.29) is 11.1 Å². The molecule has 5 heteroatoms. The molecular weight excluding hydrogens is 276 g/mol. The van der Waals surface area contributed by atoms with E-state index in [1.54, 1.807) is 18.2 Å². The van der Waals surface area contributed by atoms with Gasteiger partial charge in [-0.3, -0.25) is 4.79 Å². The maximum Gasteiger partial charge on any atom is 0.248 e. The Labute approximate surface area is 113 Å². The smallest absolute Gasteiger partial charge is 0.248 e. The number of carbonyl (C=O) groups excluding carboxylic acids is 1. The molecule has 2 aromatic carbocycles. The molecule has 1 amide bonds. The Morgan fingerprint density at radius 3 is 2.22 bits per heavy atom. The molecule has 0 heterocycles. The number of amides is 1. The zero-order valence-electron chi connectivity index (χ0n) is 9.08. The van der Waals surface area contributed by atoms with E-state index >= 15 is 0 Å². The van der Waals surface area contributed by atoms with E-state index < -0.39 is 11.7 Å². The standard InChI is InChI=1S/C13H8Cl2FNO/c14-9-3-8(4-10(15)6-9)11-5-7(13(17)18)1-2-12(11)16/h1-6H,(H2,17,18). The minimum atomic E-state index is -0.621. The fourth-order valence-electron chi connectivity index (χ4n) is 1.61. The second kappa shape index (κ2) is 4.96. The van der Waals surface area contributed by atoms with Gasteiger partial charge in [-0.2, -0.15) is 0 Å². The molecule has 0 saturated carbocycles. The number of primary amides is 1. The molecule has 0 fully saturated rings. The summed E-state index contributed by atoms with van der Waals surface area (Å²) in [5.74, 6) is -1.09. The Hall–Kier alpha value is -1.58. The lowest BCUT2D eigenvalue weighted by Crippen LogP contribution is -2.11. The maximum atomic E-state index is 13.7. The van der Waals surface area contributed by atoms with Gasteiger partial charge in [-0.1, -0.05) is 23.2 Å². The van der Waals surface area contributed by atoms with Crippen molar-refractivity contribution >= 4 is 29.1 Å². The van der Waals surface area contributed by atoms with Gasteiger partial charge >= 0.3 is 0 Å². The molecule has 0 bridgehead atoms. The number of halogens is 3. The Bertz CT molecular complexity index is 608. The lowest BCUT2D eigenvalue weighted by Gasteiger charge is -2.06. The third-order valence-corrected chi connectivity index (χ3v) is 2.86. The molecule has 2 rings (SSSR count). The number of hydrogen-bond acceptors (Lipinski definition) is 1. The van der Waals surface area contributed by atoms with E-state index in [1.165, 1.54) is 18.2 Å². The van der Waals surface area contributed by atoms with Crippen molar-refractivity contribution in [3.05, 3.63) is 57.8 Å². The van der Waals surface area contributed by atoms with Crippen LogP contribution in [0.1, 0.15) is 10.4 Å². The summed E-state index contributed by atoms with van der Waals surface area (Å²) in [5.41, 5.74) is 6.11. The summed E-state index contributed by atoms with van der Waals surface area (Å²) in [7, 11) is 0. The quantitative estimate of drug-likeness (QED) is 0.893. The predicted molar refractivity (Wildman–Crippen MR) is 70.4 cm³/mol. The van der Waals surface area contributed by atoms with Crippen molar-refractivity contribution in [2.75, 3.05) is 0 Å². The van der Waals surface area contributed by atoms with Gasteiger partial charge < -0.3 is 5.73 Å². The Kier molecular flexibility index (Phi) is 3.55. The lowest BCUT2D eigenvalue weighted by atomic mass is 10.0. The van der Waals surface area contributed by atoms with Gasteiger partial charge in [0, 0.05) is 21.2 Å². The predicted octanol–water partition coefficient (Wildman–Crippen LogP) is 3.90. The minimum Gasteiger partial charge on any atom is -0.366 e. The van der Waals surface area contributed by atoms with Gasteiger partial charge in [0.2, 0.25) is 5.91 Å². The summed E-state index contributed by atoms with van der Waals surface area (Å²) in [6.07, 6.45) is 0. The summed E-state index contributed by atoms with van der Waals surface area (Å²) in [5, 5.41) is 0.780.